The largest absolute Gasteiger partial charge is 0.463 e. The van der Waals surface area contributed by atoms with E-state index in [1.807, 2.05) is 37.3 Å². The summed E-state index contributed by atoms with van der Waals surface area (Å²) in [5.74, 6) is 1.32. The fraction of sp³-hybridized carbons (Fsp3) is 0.0714. The van der Waals surface area contributed by atoms with Gasteiger partial charge in [0.1, 0.15) is 5.76 Å². The highest BCUT2D eigenvalue weighted by molar-refractivity contribution is 7.71. The first-order valence-corrected chi connectivity index (χ1v) is 6.47. The Hall–Kier alpha value is -2.47. The Morgan fingerprint density at radius 2 is 2.10 bits per heavy atom. The van der Waals surface area contributed by atoms with Gasteiger partial charge in [0.05, 0.1) is 12.5 Å². The van der Waals surface area contributed by atoms with Gasteiger partial charge in [-0.1, -0.05) is 29.8 Å². The van der Waals surface area contributed by atoms with Gasteiger partial charge in [0.2, 0.25) is 4.77 Å². The number of nitrogens with one attached hydrogen (secondary N) is 1. The molecule has 5 nitrogen and oxygen atoms in total. The van der Waals surface area contributed by atoms with Gasteiger partial charge in [0.15, 0.2) is 5.82 Å². The van der Waals surface area contributed by atoms with Crippen LogP contribution >= 0.6 is 12.2 Å². The van der Waals surface area contributed by atoms with Gasteiger partial charge >= 0.3 is 0 Å². The highest BCUT2D eigenvalue weighted by atomic mass is 32.1. The molecule has 100 valence electrons. The topological polar surface area (TPSA) is 59.1 Å². The van der Waals surface area contributed by atoms with Gasteiger partial charge in [-0.25, -0.2) is 5.10 Å². The lowest BCUT2D eigenvalue weighted by molar-refractivity contribution is 0.559. The van der Waals surface area contributed by atoms with E-state index in [4.69, 9.17) is 16.6 Å². The molecule has 20 heavy (non-hydrogen) atoms. The van der Waals surface area contributed by atoms with Crippen LogP contribution in [0, 0.1) is 11.7 Å². The van der Waals surface area contributed by atoms with E-state index in [0.29, 0.717) is 16.4 Å². The predicted molar refractivity (Wildman–Crippen MR) is 79.3 cm³/mol. The molecule has 1 N–H and O–H groups in total. The Bertz CT molecular complexity index is 781. The molecule has 0 saturated carbocycles. The molecule has 0 aliphatic rings. The summed E-state index contributed by atoms with van der Waals surface area (Å²) >= 11 is 5.19. The summed E-state index contributed by atoms with van der Waals surface area (Å²) in [5.41, 5.74) is 2.13. The minimum absolute atomic E-state index is 0.434. The third-order valence-electron chi connectivity index (χ3n) is 2.80. The molecular weight excluding hydrogens is 272 g/mol. The second-order valence-corrected chi connectivity index (χ2v) is 4.68. The van der Waals surface area contributed by atoms with Crippen LogP contribution in [0.2, 0.25) is 0 Å². The number of aromatic amines is 1. The molecule has 0 saturated heterocycles. The van der Waals surface area contributed by atoms with Crippen molar-refractivity contribution in [3.63, 3.8) is 0 Å². The van der Waals surface area contributed by atoms with Crippen LogP contribution in [0.1, 0.15) is 11.3 Å². The molecule has 0 radical (unpaired) electrons. The van der Waals surface area contributed by atoms with Crippen molar-refractivity contribution in [2.24, 2.45) is 5.10 Å². The molecule has 1 aromatic carbocycles. The van der Waals surface area contributed by atoms with Crippen molar-refractivity contribution in [2.45, 2.75) is 6.92 Å². The van der Waals surface area contributed by atoms with Gasteiger partial charge in [-0.05, 0) is 31.3 Å². The Morgan fingerprint density at radius 1 is 1.30 bits per heavy atom. The van der Waals surface area contributed by atoms with Crippen LogP contribution in [0.3, 0.4) is 0 Å². The van der Waals surface area contributed by atoms with Gasteiger partial charge in [0, 0.05) is 5.56 Å². The zero-order valence-electron chi connectivity index (χ0n) is 10.8. The lowest BCUT2D eigenvalue weighted by atomic mass is 10.1. The molecule has 2 heterocycles. The van der Waals surface area contributed by atoms with Crippen LogP contribution in [0.15, 0.2) is 52.2 Å². The van der Waals surface area contributed by atoms with E-state index in [-0.39, 0.29) is 0 Å². The maximum Gasteiger partial charge on any atom is 0.216 e. The predicted octanol–water partition coefficient (Wildman–Crippen LogP) is 3.39. The summed E-state index contributed by atoms with van der Waals surface area (Å²) in [6, 6.07) is 11.6. The van der Waals surface area contributed by atoms with E-state index in [9.17, 15) is 0 Å². The average molecular weight is 284 g/mol. The number of aromatic nitrogens is 3. The molecule has 0 atom stereocenters. The molecule has 0 spiro atoms. The maximum absolute atomic E-state index is 5.21. The number of hydrogen-bond donors (Lipinski definition) is 1. The highest BCUT2D eigenvalue weighted by Crippen LogP contribution is 2.17. The van der Waals surface area contributed by atoms with Gasteiger partial charge in [-0.3, -0.25) is 0 Å². The van der Waals surface area contributed by atoms with Crippen molar-refractivity contribution < 1.29 is 4.42 Å². The van der Waals surface area contributed by atoms with Gasteiger partial charge in [0.25, 0.3) is 0 Å². The summed E-state index contributed by atoms with van der Waals surface area (Å²) in [7, 11) is 0. The Kier molecular flexibility index (Phi) is 3.30. The van der Waals surface area contributed by atoms with Gasteiger partial charge in [-0.2, -0.15) is 14.9 Å². The van der Waals surface area contributed by atoms with Crippen molar-refractivity contribution in [3.05, 3.63) is 58.8 Å². The van der Waals surface area contributed by atoms with E-state index >= 15 is 0 Å². The first kappa shape index (κ1) is 12.6. The van der Waals surface area contributed by atoms with E-state index < -0.39 is 0 Å². The van der Waals surface area contributed by atoms with E-state index in [1.165, 1.54) is 5.56 Å². The Morgan fingerprint density at radius 3 is 2.80 bits per heavy atom. The number of aryl methyl sites for hydroxylation is 1. The molecule has 3 rings (SSSR count). The minimum Gasteiger partial charge on any atom is -0.463 e. The summed E-state index contributed by atoms with van der Waals surface area (Å²) in [6.07, 6.45) is 3.19. The molecule has 0 aliphatic carbocycles. The Labute approximate surface area is 120 Å². The smallest absolute Gasteiger partial charge is 0.216 e. The monoisotopic (exact) mass is 284 g/mol. The number of rotatable bonds is 3. The second-order valence-electron chi connectivity index (χ2n) is 4.29. The van der Waals surface area contributed by atoms with Crippen LogP contribution in [0.4, 0.5) is 0 Å². The number of furan rings is 1. The second kappa shape index (κ2) is 5.26. The van der Waals surface area contributed by atoms with E-state index in [0.717, 1.165) is 5.56 Å². The first-order valence-electron chi connectivity index (χ1n) is 6.06. The minimum atomic E-state index is 0.434. The van der Waals surface area contributed by atoms with Crippen LogP contribution in [-0.4, -0.2) is 21.1 Å². The third kappa shape index (κ3) is 2.46. The van der Waals surface area contributed by atoms with Crippen molar-refractivity contribution in [1.82, 2.24) is 14.9 Å². The molecule has 0 unspecified atom stereocenters. The zero-order chi connectivity index (χ0) is 13.9. The molecule has 0 amide bonds. The van der Waals surface area contributed by atoms with Gasteiger partial charge < -0.3 is 4.42 Å². The third-order valence-corrected chi connectivity index (χ3v) is 3.07. The van der Waals surface area contributed by atoms with Gasteiger partial charge in [-0.15, -0.1) is 0 Å². The van der Waals surface area contributed by atoms with Crippen LogP contribution in [0.25, 0.3) is 11.4 Å². The number of nitrogens with zero attached hydrogens (tertiary/aromatic N) is 3. The lowest BCUT2D eigenvalue weighted by Gasteiger charge is -2.01. The fourth-order valence-electron chi connectivity index (χ4n) is 1.77. The summed E-state index contributed by atoms with van der Waals surface area (Å²) in [5, 5.41) is 11.3. The number of benzene rings is 1. The zero-order valence-corrected chi connectivity index (χ0v) is 11.6. The van der Waals surface area contributed by atoms with Crippen molar-refractivity contribution >= 4 is 18.4 Å². The van der Waals surface area contributed by atoms with E-state index in [2.05, 4.69) is 15.3 Å². The number of H-pyrrole nitrogens is 1. The van der Waals surface area contributed by atoms with Crippen molar-refractivity contribution in [2.75, 3.05) is 0 Å². The summed E-state index contributed by atoms with van der Waals surface area (Å²) < 4.78 is 7.21. The molecular formula is C14H12N4OS. The van der Waals surface area contributed by atoms with Crippen LogP contribution in [-0.2, 0) is 0 Å². The number of hydrogen-bond acceptors (Lipinski definition) is 4. The standard InChI is InChI=1S/C14H12N4OS/c1-10-4-6-11(7-5-10)13-16-17-14(20)18(13)15-9-12-3-2-8-19-12/h2-9H,1H3,(H,17,20)/b15-9+. The summed E-state index contributed by atoms with van der Waals surface area (Å²) in [4.78, 5) is 0. The SMILES string of the molecule is Cc1ccc(-c2n[nH]c(=S)n2/N=C/c2ccco2)cc1. The fourth-order valence-corrected chi connectivity index (χ4v) is 1.95. The normalized spacial score (nSPS) is 11.2. The first-order chi connectivity index (χ1) is 9.74. The molecule has 0 bridgehead atoms. The molecule has 0 aliphatic heterocycles. The van der Waals surface area contributed by atoms with Crippen LogP contribution in [0.5, 0.6) is 0 Å². The van der Waals surface area contributed by atoms with Crippen LogP contribution < -0.4 is 0 Å². The lowest BCUT2D eigenvalue weighted by Crippen LogP contribution is -1.94. The van der Waals surface area contributed by atoms with Crippen molar-refractivity contribution in [3.8, 4) is 11.4 Å². The molecule has 0 fully saturated rings. The van der Waals surface area contributed by atoms with Crippen molar-refractivity contribution in [1.29, 1.82) is 0 Å². The Balaban J connectivity index is 2.01. The molecule has 2 aromatic heterocycles. The summed E-state index contributed by atoms with van der Waals surface area (Å²) in [6.45, 7) is 2.04. The molecule has 6 heteroatoms. The maximum atomic E-state index is 5.21. The molecule has 3 aromatic rings. The highest BCUT2D eigenvalue weighted by Gasteiger charge is 2.07. The van der Waals surface area contributed by atoms with E-state index in [1.54, 1.807) is 23.2 Å². The average Bonchev–Trinajstić information content (AvgIpc) is 3.07. The quantitative estimate of drug-likeness (QED) is 0.592.